The Morgan fingerprint density at radius 3 is 1.97 bits per heavy atom. The van der Waals surface area contributed by atoms with Crippen LogP contribution in [0.3, 0.4) is 0 Å². The molecule has 164 valence electrons. The fourth-order valence-corrected chi connectivity index (χ4v) is 5.29. The van der Waals surface area contributed by atoms with E-state index in [1.54, 1.807) is 11.3 Å². The average Bonchev–Trinajstić information content (AvgIpc) is 3.38. The minimum absolute atomic E-state index is 0.886. The maximum atomic E-state index is 5.09. The summed E-state index contributed by atoms with van der Waals surface area (Å²) in [5.41, 5.74) is 11.5. The van der Waals surface area contributed by atoms with Crippen LogP contribution in [0, 0.1) is 34.6 Å². The van der Waals surface area contributed by atoms with Gasteiger partial charge in [0.2, 0.25) is 5.13 Å². The van der Waals surface area contributed by atoms with Crippen molar-refractivity contribution < 1.29 is 0 Å². The van der Waals surface area contributed by atoms with Crippen LogP contribution in [0.15, 0.2) is 72.8 Å². The van der Waals surface area contributed by atoms with Crippen molar-refractivity contribution in [3.63, 3.8) is 0 Å². The van der Waals surface area contributed by atoms with Crippen molar-refractivity contribution in [3.05, 3.63) is 99.9 Å². The van der Waals surface area contributed by atoms with E-state index in [-0.39, 0.29) is 0 Å². The Balaban J connectivity index is 1.72. The van der Waals surface area contributed by atoms with Crippen molar-refractivity contribution >= 4 is 11.3 Å². The smallest absolute Gasteiger partial charge is 0.211 e. The first-order chi connectivity index (χ1) is 15.9. The van der Waals surface area contributed by atoms with Crippen LogP contribution in [-0.2, 0) is 0 Å². The van der Waals surface area contributed by atoms with E-state index in [2.05, 4.69) is 101 Å². The van der Waals surface area contributed by atoms with Crippen LogP contribution in [0.4, 0.5) is 0 Å². The van der Waals surface area contributed by atoms with Crippen LogP contribution in [0.5, 0.6) is 0 Å². The molecule has 2 heterocycles. The zero-order valence-electron chi connectivity index (χ0n) is 19.7. The zero-order chi connectivity index (χ0) is 23.1. The summed E-state index contributed by atoms with van der Waals surface area (Å²) in [6, 6.07) is 25.7. The molecule has 0 atom stereocenters. The molecule has 0 bridgehead atoms. The summed E-state index contributed by atoms with van der Waals surface area (Å²) in [5, 5.41) is 5.98. The van der Waals surface area contributed by atoms with Gasteiger partial charge in [-0.3, -0.25) is 0 Å². The first-order valence-corrected chi connectivity index (χ1v) is 12.0. The van der Waals surface area contributed by atoms with Crippen molar-refractivity contribution in [1.82, 2.24) is 14.8 Å². The maximum Gasteiger partial charge on any atom is 0.211 e. The predicted octanol–water partition coefficient (Wildman–Crippen LogP) is 7.87. The van der Waals surface area contributed by atoms with E-state index in [1.165, 1.54) is 32.7 Å². The molecule has 0 unspecified atom stereocenters. The molecule has 33 heavy (non-hydrogen) atoms. The lowest BCUT2D eigenvalue weighted by atomic mass is 10.0. The summed E-state index contributed by atoms with van der Waals surface area (Å²) < 4.78 is 2.02. The van der Waals surface area contributed by atoms with Gasteiger partial charge < -0.3 is 0 Å². The molecule has 3 nitrogen and oxygen atoms in total. The molecular formula is C29H27N3S. The lowest BCUT2D eigenvalue weighted by molar-refractivity contribution is 0.880. The number of nitrogens with zero attached hydrogens (tertiary/aromatic N) is 3. The third-order valence-electron chi connectivity index (χ3n) is 6.04. The molecule has 3 aromatic carbocycles. The molecule has 0 saturated carbocycles. The second-order valence-corrected chi connectivity index (χ2v) is 9.91. The third kappa shape index (κ3) is 4.03. The highest BCUT2D eigenvalue weighted by atomic mass is 32.1. The van der Waals surface area contributed by atoms with Crippen molar-refractivity contribution in [3.8, 4) is 38.9 Å². The molecule has 0 aliphatic heterocycles. The fraction of sp³-hybridized carbons (Fsp3) is 0.172. The highest BCUT2D eigenvalue weighted by molar-refractivity contribution is 7.14. The molecule has 0 fully saturated rings. The molecule has 4 heteroatoms. The highest BCUT2D eigenvalue weighted by Gasteiger charge is 2.19. The van der Waals surface area contributed by atoms with Crippen LogP contribution in [0.25, 0.3) is 38.9 Å². The van der Waals surface area contributed by atoms with E-state index < -0.39 is 0 Å². The lowest BCUT2D eigenvalue weighted by Crippen LogP contribution is -2.00. The summed E-state index contributed by atoms with van der Waals surface area (Å²) in [6.07, 6.45) is 0. The number of benzene rings is 3. The topological polar surface area (TPSA) is 30.7 Å². The number of aryl methyl sites for hydroxylation is 5. The molecule has 0 amide bonds. The lowest BCUT2D eigenvalue weighted by Gasteiger charge is -2.08. The second kappa shape index (κ2) is 8.45. The first kappa shape index (κ1) is 21.4. The Labute approximate surface area is 199 Å². The van der Waals surface area contributed by atoms with E-state index in [4.69, 9.17) is 10.1 Å². The van der Waals surface area contributed by atoms with Gasteiger partial charge in [0.15, 0.2) is 0 Å². The van der Waals surface area contributed by atoms with Gasteiger partial charge in [0.05, 0.1) is 17.1 Å². The van der Waals surface area contributed by atoms with Gasteiger partial charge in [-0.25, -0.2) is 9.67 Å². The highest BCUT2D eigenvalue weighted by Crippen LogP contribution is 2.36. The van der Waals surface area contributed by atoms with Crippen LogP contribution < -0.4 is 0 Å². The van der Waals surface area contributed by atoms with E-state index in [9.17, 15) is 0 Å². The fourth-order valence-electron chi connectivity index (χ4n) is 4.39. The number of thiazole rings is 1. The molecule has 0 aliphatic carbocycles. The van der Waals surface area contributed by atoms with Gasteiger partial charge in [-0.05, 0) is 51.8 Å². The molecule has 0 aliphatic rings. The number of hydrogen-bond acceptors (Lipinski definition) is 3. The SMILES string of the molecule is Cc1ccc(-c2cc(-c3ccc(C)cc3C)n(-c3nc(-c4ccccc4)c(C)s3)n2)c(C)c1. The Bertz CT molecular complexity index is 1460. The van der Waals surface area contributed by atoms with Crippen molar-refractivity contribution in [2.75, 3.05) is 0 Å². The summed E-state index contributed by atoms with van der Waals surface area (Å²) in [4.78, 5) is 6.23. The Morgan fingerprint density at radius 1 is 0.697 bits per heavy atom. The molecule has 0 radical (unpaired) electrons. The van der Waals surface area contributed by atoms with Gasteiger partial charge in [-0.1, -0.05) is 89.2 Å². The van der Waals surface area contributed by atoms with Crippen molar-refractivity contribution in [1.29, 1.82) is 0 Å². The molecule has 5 rings (SSSR count). The van der Waals surface area contributed by atoms with Gasteiger partial charge >= 0.3 is 0 Å². The van der Waals surface area contributed by atoms with Crippen LogP contribution in [0.2, 0.25) is 0 Å². The van der Waals surface area contributed by atoms with Crippen molar-refractivity contribution in [2.24, 2.45) is 0 Å². The molecule has 2 aromatic heterocycles. The quantitative estimate of drug-likeness (QED) is 0.279. The summed E-state index contributed by atoms with van der Waals surface area (Å²) >= 11 is 1.68. The van der Waals surface area contributed by atoms with E-state index in [0.717, 1.165) is 33.3 Å². The Hall–Kier alpha value is -3.50. The largest absolute Gasteiger partial charge is 0.218 e. The van der Waals surface area contributed by atoms with Gasteiger partial charge in [-0.15, -0.1) is 0 Å². The van der Waals surface area contributed by atoms with Gasteiger partial charge in [-0.2, -0.15) is 5.10 Å². The molecule has 0 N–H and O–H groups in total. The summed E-state index contributed by atoms with van der Waals surface area (Å²) in [7, 11) is 0. The minimum atomic E-state index is 0.886. The third-order valence-corrected chi connectivity index (χ3v) is 6.99. The van der Waals surface area contributed by atoms with Crippen LogP contribution in [0.1, 0.15) is 27.1 Å². The normalized spacial score (nSPS) is 11.2. The van der Waals surface area contributed by atoms with E-state index >= 15 is 0 Å². The number of aromatic nitrogens is 3. The molecule has 0 saturated heterocycles. The van der Waals surface area contributed by atoms with E-state index in [0.29, 0.717) is 0 Å². The van der Waals surface area contributed by atoms with Gasteiger partial charge in [0.25, 0.3) is 0 Å². The Morgan fingerprint density at radius 2 is 1.33 bits per heavy atom. The summed E-state index contributed by atoms with van der Waals surface area (Å²) in [6.45, 7) is 10.7. The molecular weight excluding hydrogens is 422 g/mol. The van der Waals surface area contributed by atoms with Gasteiger partial charge in [0, 0.05) is 21.6 Å². The van der Waals surface area contributed by atoms with Gasteiger partial charge in [0.1, 0.15) is 0 Å². The number of hydrogen-bond donors (Lipinski definition) is 0. The van der Waals surface area contributed by atoms with Crippen molar-refractivity contribution in [2.45, 2.75) is 34.6 Å². The monoisotopic (exact) mass is 449 g/mol. The predicted molar refractivity (Wildman–Crippen MR) is 139 cm³/mol. The zero-order valence-corrected chi connectivity index (χ0v) is 20.5. The van der Waals surface area contributed by atoms with E-state index in [1.807, 2.05) is 10.7 Å². The minimum Gasteiger partial charge on any atom is -0.218 e. The molecule has 5 aromatic rings. The van der Waals surface area contributed by atoms with Crippen LogP contribution >= 0.6 is 11.3 Å². The van der Waals surface area contributed by atoms with Crippen LogP contribution in [-0.4, -0.2) is 14.8 Å². The second-order valence-electron chi connectivity index (χ2n) is 8.73. The Kier molecular flexibility index (Phi) is 5.47. The first-order valence-electron chi connectivity index (χ1n) is 11.2. The molecule has 0 spiro atoms. The summed E-state index contributed by atoms with van der Waals surface area (Å²) in [5.74, 6) is 0. The maximum absolute atomic E-state index is 5.09. The standard InChI is InChI=1S/C29H27N3S/c1-18-11-13-24(20(3)15-18)26-17-27(25-14-12-19(2)16-21(25)4)32(31-26)29-30-28(22(5)33-29)23-9-7-6-8-10-23/h6-17H,1-5H3. The average molecular weight is 450 g/mol. The number of rotatable bonds is 4.